The van der Waals surface area contributed by atoms with Crippen molar-refractivity contribution in [2.75, 3.05) is 20.3 Å². The summed E-state index contributed by atoms with van der Waals surface area (Å²) < 4.78 is 22.9. The lowest BCUT2D eigenvalue weighted by Gasteiger charge is -2.28. The molecule has 0 aliphatic carbocycles. The third-order valence-corrected chi connectivity index (χ3v) is 4.52. The van der Waals surface area contributed by atoms with E-state index in [4.69, 9.17) is 18.9 Å². The van der Waals surface area contributed by atoms with E-state index in [0.717, 1.165) is 30.6 Å². The summed E-state index contributed by atoms with van der Waals surface area (Å²) in [4.78, 5) is 0. The Kier molecular flexibility index (Phi) is 6.26. The lowest BCUT2D eigenvalue weighted by Crippen LogP contribution is -2.35. The van der Waals surface area contributed by atoms with Crippen molar-refractivity contribution < 1.29 is 24.1 Å². The number of methoxy groups -OCH3 is 1. The molecule has 1 aromatic rings. The summed E-state index contributed by atoms with van der Waals surface area (Å²) in [5.74, 6) is 0.849. The van der Waals surface area contributed by atoms with Crippen LogP contribution in [-0.2, 0) is 20.8 Å². The zero-order valence-electron chi connectivity index (χ0n) is 14.1. The average molecular weight is 334 g/mol. The number of ether oxygens (including phenoxy) is 4. The zero-order valence-corrected chi connectivity index (χ0v) is 14.1. The van der Waals surface area contributed by atoms with Gasteiger partial charge < -0.3 is 24.1 Å². The molecule has 4 atom stereocenters. The van der Waals surface area contributed by atoms with Crippen LogP contribution < -0.4 is 4.74 Å². The van der Waals surface area contributed by atoms with Gasteiger partial charge in [0.05, 0.1) is 45.2 Å². The van der Waals surface area contributed by atoms with Gasteiger partial charge in [-0.25, -0.2) is 0 Å². The lowest BCUT2D eigenvalue weighted by atomic mass is 10.1. The third kappa shape index (κ3) is 4.57. The molecule has 0 amide bonds. The Morgan fingerprint density at radius 1 is 1.12 bits per heavy atom. The fourth-order valence-electron chi connectivity index (χ4n) is 3.14. The highest BCUT2D eigenvalue weighted by Gasteiger charge is 2.33. The van der Waals surface area contributed by atoms with E-state index in [-0.39, 0.29) is 31.0 Å². The maximum atomic E-state index is 9.23. The summed E-state index contributed by atoms with van der Waals surface area (Å²) in [7, 11) is 1.66. The number of hydrogen-bond acceptors (Lipinski definition) is 5. The number of hydrogen-bond donors (Lipinski definition) is 1. The summed E-state index contributed by atoms with van der Waals surface area (Å²) in [5, 5.41) is 9.23. The van der Waals surface area contributed by atoms with Crippen molar-refractivity contribution in [2.45, 2.75) is 50.3 Å². The van der Waals surface area contributed by atoms with Gasteiger partial charge in [-0.05, 0) is 37.0 Å². The molecule has 0 spiro atoms. The molecule has 132 valence electrons. The van der Waals surface area contributed by atoms with Gasteiger partial charge in [0.15, 0.2) is 0 Å². The molecule has 1 aromatic carbocycles. The molecule has 0 unspecified atom stereocenters. The Hall–Kier alpha value is -1.40. The van der Waals surface area contributed by atoms with Crippen LogP contribution in [0.2, 0.25) is 0 Å². The van der Waals surface area contributed by atoms with E-state index in [0.29, 0.717) is 13.2 Å². The van der Waals surface area contributed by atoms with Crippen LogP contribution in [-0.4, -0.2) is 49.8 Å². The van der Waals surface area contributed by atoms with E-state index in [1.165, 1.54) is 0 Å². The molecule has 0 radical (unpaired) electrons. The van der Waals surface area contributed by atoms with Crippen LogP contribution in [0.15, 0.2) is 36.4 Å². The second-order valence-corrected chi connectivity index (χ2v) is 6.31. The van der Waals surface area contributed by atoms with Crippen molar-refractivity contribution in [3.63, 3.8) is 0 Å². The molecule has 2 heterocycles. The first kappa shape index (κ1) is 17.4. The monoisotopic (exact) mass is 334 g/mol. The summed E-state index contributed by atoms with van der Waals surface area (Å²) >= 11 is 0. The third-order valence-electron chi connectivity index (χ3n) is 4.52. The highest BCUT2D eigenvalue weighted by Crippen LogP contribution is 2.27. The number of aliphatic hydroxyl groups excluding tert-OH is 1. The molecule has 2 aliphatic rings. The Bertz CT molecular complexity index is 527. The van der Waals surface area contributed by atoms with Gasteiger partial charge in [0.2, 0.25) is 0 Å². The Morgan fingerprint density at radius 2 is 1.96 bits per heavy atom. The molecule has 5 nitrogen and oxygen atoms in total. The largest absolute Gasteiger partial charge is 0.497 e. The minimum Gasteiger partial charge on any atom is -0.497 e. The van der Waals surface area contributed by atoms with Crippen molar-refractivity contribution in [3.8, 4) is 5.75 Å². The first-order valence-corrected chi connectivity index (χ1v) is 8.57. The van der Waals surface area contributed by atoms with Crippen LogP contribution >= 0.6 is 0 Å². The van der Waals surface area contributed by atoms with Gasteiger partial charge in [0.25, 0.3) is 0 Å². The smallest absolute Gasteiger partial charge is 0.118 e. The van der Waals surface area contributed by atoms with E-state index < -0.39 is 0 Å². The zero-order chi connectivity index (χ0) is 16.8. The number of aliphatic hydroxyl groups is 1. The minimum absolute atomic E-state index is 0.0533. The molecule has 2 aliphatic heterocycles. The number of rotatable bonds is 7. The molecule has 24 heavy (non-hydrogen) atoms. The van der Waals surface area contributed by atoms with E-state index in [1.807, 2.05) is 24.3 Å². The van der Waals surface area contributed by atoms with E-state index >= 15 is 0 Å². The molecule has 0 aromatic heterocycles. The first-order chi connectivity index (χ1) is 11.8. The van der Waals surface area contributed by atoms with E-state index in [1.54, 1.807) is 7.11 Å². The summed E-state index contributed by atoms with van der Waals surface area (Å²) in [5.41, 5.74) is 1.12. The second-order valence-electron chi connectivity index (χ2n) is 6.31. The molecular weight excluding hydrogens is 308 g/mol. The van der Waals surface area contributed by atoms with Crippen LogP contribution in [0, 0.1) is 0 Å². The molecule has 3 rings (SSSR count). The van der Waals surface area contributed by atoms with E-state index in [9.17, 15) is 5.11 Å². The van der Waals surface area contributed by atoms with E-state index in [2.05, 4.69) is 12.2 Å². The van der Waals surface area contributed by atoms with Gasteiger partial charge in [-0.1, -0.05) is 24.3 Å². The van der Waals surface area contributed by atoms with Gasteiger partial charge in [-0.15, -0.1) is 0 Å². The molecular formula is C19H26O5. The number of benzene rings is 1. The molecule has 1 N–H and O–H groups in total. The highest BCUT2D eigenvalue weighted by atomic mass is 16.6. The average Bonchev–Trinajstić information content (AvgIpc) is 3.11. The van der Waals surface area contributed by atoms with Crippen molar-refractivity contribution in [1.29, 1.82) is 0 Å². The van der Waals surface area contributed by atoms with Crippen molar-refractivity contribution >= 4 is 0 Å². The van der Waals surface area contributed by atoms with Gasteiger partial charge in [-0.2, -0.15) is 0 Å². The summed E-state index contributed by atoms with van der Waals surface area (Å²) in [6.45, 7) is 1.21. The van der Waals surface area contributed by atoms with Gasteiger partial charge >= 0.3 is 0 Å². The van der Waals surface area contributed by atoms with Crippen LogP contribution in [0.5, 0.6) is 5.75 Å². The Morgan fingerprint density at radius 3 is 2.71 bits per heavy atom. The summed E-state index contributed by atoms with van der Waals surface area (Å²) in [6.07, 6.45) is 6.85. The molecule has 1 fully saturated rings. The topological polar surface area (TPSA) is 57.2 Å². The predicted molar refractivity (Wildman–Crippen MR) is 90.0 cm³/mol. The van der Waals surface area contributed by atoms with Crippen molar-refractivity contribution in [1.82, 2.24) is 0 Å². The van der Waals surface area contributed by atoms with Crippen LogP contribution in [0.1, 0.15) is 24.8 Å². The van der Waals surface area contributed by atoms with Gasteiger partial charge in [0, 0.05) is 0 Å². The molecule has 0 bridgehead atoms. The Balaban J connectivity index is 1.40. The first-order valence-electron chi connectivity index (χ1n) is 8.57. The maximum absolute atomic E-state index is 9.23. The second kappa shape index (κ2) is 8.62. The van der Waals surface area contributed by atoms with Crippen molar-refractivity contribution in [2.24, 2.45) is 0 Å². The standard InChI is InChI=1S/C19H26O5/c1-21-15-7-5-14(6-8-15)12-22-13-17-9-10-19(24-17)18-4-2-3-16(11-20)23-18/h2,4-8,16-20H,3,9-13H2,1H3/t16-,17+,18+,19+/m0/s1. The van der Waals surface area contributed by atoms with Gasteiger partial charge in [-0.3, -0.25) is 0 Å². The highest BCUT2D eigenvalue weighted by molar-refractivity contribution is 5.26. The fraction of sp³-hybridized carbons (Fsp3) is 0.579. The molecule has 1 saturated heterocycles. The van der Waals surface area contributed by atoms with Crippen molar-refractivity contribution in [3.05, 3.63) is 42.0 Å². The fourth-order valence-corrected chi connectivity index (χ4v) is 3.14. The quantitative estimate of drug-likeness (QED) is 0.776. The van der Waals surface area contributed by atoms with Crippen LogP contribution in [0.4, 0.5) is 0 Å². The maximum Gasteiger partial charge on any atom is 0.118 e. The lowest BCUT2D eigenvalue weighted by molar-refractivity contribution is -0.103. The molecule has 5 heteroatoms. The van der Waals surface area contributed by atoms with Crippen LogP contribution in [0.3, 0.4) is 0 Å². The molecule has 0 saturated carbocycles. The Labute approximate surface area is 143 Å². The SMILES string of the molecule is COc1ccc(COC[C@H]2CC[C@H]([C@H]3C=CC[C@@H](CO)O3)O2)cc1. The summed E-state index contributed by atoms with van der Waals surface area (Å²) in [6, 6.07) is 7.88. The van der Waals surface area contributed by atoms with Gasteiger partial charge in [0.1, 0.15) is 11.9 Å². The van der Waals surface area contributed by atoms with Crippen LogP contribution in [0.25, 0.3) is 0 Å². The normalized spacial score (nSPS) is 29.8. The minimum atomic E-state index is -0.103. The predicted octanol–water partition coefficient (Wildman–Crippen LogP) is 2.47.